The Hall–Kier alpha value is -1.43. The highest BCUT2D eigenvalue weighted by atomic mass is 16.5. The third kappa shape index (κ3) is 3.41. The fourth-order valence-corrected chi connectivity index (χ4v) is 9.67. The van der Waals surface area contributed by atoms with Crippen LogP contribution in [0.2, 0.25) is 0 Å². The second-order valence-electron chi connectivity index (χ2n) is 12.6. The predicted molar refractivity (Wildman–Crippen MR) is 126 cm³/mol. The lowest BCUT2D eigenvalue weighted by molar-refractivity contribution is -0.164. The molecule has 2 heterocycles. The molecular formula is C27H42N4O2. The smallest absolute Gasteiger partial charge is 0.302 e. The van der Waals surface area contributed by atoms with Gasteiger partial charge in [0, 0.05) is 18.4 Å². The van der Waals surface area contributed by atoms with Gasteiger partial charge >= 0.3 is 5.97 Å². The van der Waals surface area contributed by atoms with Crippen LogP contribution in [-0.4, -0.2) is 50.9 Å². The second-order valence-corrected chi connectivity index (χ2v) is 12.6. The van der Waals surface area contributed by atoms with Crippen molar-refractivity contribution in [2.24, 2.45) is 34.5 Å². The summed E-state index contributed by atoms with van der Waals surface area (Å²) in [6.45, 7) is 9.30. The molecule has 6 nitrogen and oxygen atoms in total. The number of esters is 1. The first-order valence-electron chi connectivity index (χ1n) is 13.7. The number of hydrogen-bond acceptors (Lipinski definition) is 5. The molecule has 0 aromatic carbocycles. The molecule has 5 fully saturated rings. The van der Waals surface area contributed by atoms with Gasteiger partial charge in [-0.25, -0.2) is 9.67 Å². The molecule has 4 unspecified atom stereocenters. The van der Waals surface area contributed by atoms with E-state index in [0.717, 1.165) is 30.2 Å². The molecule has 1 aliphatic heterocycles. The molecule has 0 amide bonds. The number of carbonyl (C=O) groups is 1. The van der Waals surface area contributed by atoms with Crippen LogP contribution in [0.15, 0.2) is 12.7 Å². The van der Waals surface area contributed by atoms with Gasteiger partial charge in [-0.2, -0.15) is 5.10 Å². The molecule has 4 aliphatic carbocycles. The zero-order valence-corrected chi connectivity index (χ0v) is 20.8. The van der Waals surface area contributed by atoms with E-state index in [1.165, 1.54) is 70.9 Å². The van der Waals surface area contributed by atoms with E-state index in [1.807, 2.05) is 11.0 Å². The molecule has 182 valence electrons. The maximum Gasteiger partial charge on any atom is 0.302 e. The normalized spacial score (nSPS) is 47.5. The molecular weight excluding hydrogens is 412 g/mol. The van der Waals surface area contributed by atoms with Crippen molar-refractivity contribution >= 4 is 5.97 Å². The lowest BCUT2D eigenvalue weighted by Gasteiger charge is -2.61. The minimum Gasteiger partial charge on any atom is -0.460 e. The van der Waals surface area contributed by atoms with Gasteiger partial charge in [-0.3, -0.25) is 4.79 Å². The maximum absolute atomic E-state index is 12.1. The number of carbonyl (C=O) groups excluding carboxylic acids is 1. The minimum absolute atomic E-state index is 0.0411. The van der Waals surface area contributed by atoms with Gasteiger partial charge in [-0.15, -0.1) is 0 Å². The quantitative estimate of drug-likeness (QED) is 0.610. The van der Waals surface area contributed by atoms with Gasteiger partial charge in [-0.05, 0) is 106 Å². The molecule has 6 rings (SSSR count). The average Bonchev–Trinajstić information content (AvgIpc) is 3.54. The van der Waals surface area contributed by atoms with E-state index in [1.54, 1.807) is 13.3 Å². The fourth-order valence-electron chi connectivity index (χ4n) is 9.67. The molecule has 1 aromatic heterocycles. The van der Waals surface area contributed by atoms with Crippen LogP contribution in [0, 0.1) is 34.5 Å². The monoisotopic (exact) mass is 454 g/mol. The number of hydrogen-bond donors (Lipinski definition) is 0. The number of rotatable bonds is 3. The Kier molecular flexibility index (Phi) is 5.39. The van der Waals surface area contributed by atoms with Crippen LogP contribution in [0.3, 0.4) is 0 Å². The third-order valence-electron chi connectivity index (χ3n) is 11.3. The molecule has 5 aliphatic rings. The van der Waals surface area contributed by atoms with Gasteiger partial charge in [0.15, 0.2) is 0 Å². The SMILES string of the molecule is CC(=O)O[C@H]1[C@@H](n2cncn2)CC2C3CCC4C[C@@H](N5CCCC5)CC[C@]4(C)C3CC[C@@]21C. The van der Waals surface area contributed by atoms with Crippen LogP contribution in [0.25, 0.3) is 0 Å². The molecule has 0 N–H and O–H groups in total. The lowest BCUT2D eigenvalue weighted by Crippen LogP contribution is -2.56. The molecule has 0 radical (unpaired) electrons. The van der Waals surface area contributed by atoms with Crippen molar-refractivity contribution in [2.45, 2.75) is 103 Å². The van der Waals surface area contributed by atoms with E-state index in [4.69, 9.17) is 4.74 Å². The van der Waals surface area contributed by atoms with Gasteiger partial charge in [0.1, 0.15) is 18.8 Å². The van der Waals surface area contributed by atoms with Gasteiger partial charge in [0.25, 0.3) is 0 Å². The Balaban J connectivity index is 1.26. The van der Waals surface area contributed by atoms with Crippen LogP contribution >= 0.6 is 0 Å². The van der Waals surface area contributed by atoms with Gasteiger partial charge < -0.3 is 9.64 Å². The van der Waals surface area contributed by atoms with Crippen molar-refractivity contribution in [3.8, 4) is 0 Å². The van der Waals surface area contributed by atoms with Gasteiger partial charge in [-0.1, -0.05) is 13.8 Å². The summed E-state index contributed by atoms with van der Waals surface area (Å²) >= 11 is 0. The minimum atomic E-state index is -0.162. The van der Waals surface area contributed by atoms with E-state index < -0.39 is 0 Å². The summed E-state index contributed by atoms with van der Waals surface area (Å²) in [5.41, 5.74) is 0.530. The number of fused-ring (bicyclic) bond motifs is 5. The van der Waals surface area contributed by atoms with E-state index in [2.05, 4.69) is 28.8 Å². The number of aromatic nitrogens is 3. The Bertz CT molecular complexity index is 867. The first-order chi connectivity index (χ1) is 15.9. The van der Waals surface area contributed by atoms with Crippen LogP contribution in [-0.2, 0) is 9.53 Å². The van der Waals surface area contributed by atoms with Crippen molar-refractivity contribution in [3.05, 3.63) is 12.7 Å². The highest BCUT2D eigenvalue weighted by Gasteiger charge is 2.64. The van der Waals surface area contributed by atoms with Crippen molar-refractivity contribution in [2.75, 3.05) is 13.1 Å². The standard InChI is InChI=1S/C27H42N4O2/c1-18(32)33-25-24(31-17-28-16-29-31)15-23-21-7-6-19-14-20(30-12-4-5-13-30)8-10-26(19,2)22(21)9-11-27(23,25)3/h16-17,19-25H,4-15H2,1-3H3/t19?,20-,21?,22?,23?,24-,25-,26-,27-/m0/s1. The molecule has 33 heavy (non-hydrogen) atoms. The van der Waals surface area contributed by atoms with E-state index in [-0.39, 0.29) is 23.5 Å². The van der Waals surface area contributed by atoms with Gasteiger partial charge in [0.2, 0.25) is 0 Å². The number of ether oxygens (including phenoxy) is 1. The summed E-state index contributed by atoms with van der Waals surface area (Å²) in [5.74, 6) is 2.90. The lowest BCUT2D eigenvalue weighted by atomic mass is 9.45. The number of nitrogens with zero attached hydrogens (tertiary/aromatic N) is 4. The van der Waals surface area contributed by atoms with E-state index >= 15 is 0 Å². The number of likely N-dealkylation sites (tertiary alicyclic amines) is 1. The molecule has 9 atom stereocenters. The van der Waals surface area contributed by atoms with Crippen molar-refractivity contribution in [1.29, 1.82) is 0 Å². The summed E-state index contributed by atoms with van der Waals surface area (Å²) in [6, 6.07) is 0.953. The van der Waals surface area contributed by atoms with Crippen LogP contribution in [0.5, 0.6) is 0 Å². The Morgan fingerprint density at radius 1 is 1.00 bits per heavy atom. The summed E-state index contributed by atoms with van der Waals surface area (Å²) in [6.07, 6.45) is 16.6. The predicted octanol–water partition coefficient (Wildman–Crippen LogP) is 4.87. The highest BCUT2D eigenvalue weighted by molar-refractivity contribution is 5.66. The van der Waals surface area contributed by atoms with Crippen LogP contribution in [0.4, 0.5) is 0 Å². The first-order valence-corrected chi connectivity index (χ1v) is 13.7. The van der Waals surface area contributed by atoms with E-state index in [0.29, 0.717) is 11.3 Å². The van der Waals surface area contributed by atoms with E-state index in [9.17, 15) is 4.79 Å². The van der Waals surface area contributed by atoms with Crippen LogP contribution in [0.1, 0.15) is 91.0 Å². The Labute approximate surface area is 198 Å². The third-order valence-corrected chi connectivity index (χ3v) is 11.3. The van der Waals surface area contributed by atoms with Crippen molar-refractivity contribution in [1.82, 2.24) is 19.7 Å². The summed E-state index contributed by atoms with van der Waals surface area (Å²) in [4.78, 5) is 19.1. The largest absolute Gasteiger partial charge is 0.460 e. The zero-order chi connectivity index (χ0) is 22.8. The van der Waals surface area contributed by atoms with Crippen LogP contribution < -0.4 is 0 Å². The molecule has 0 bridgehead atoms. The molecule has 6 heteroatoms. The highest BCUT2D eigenvalue weighted by Crippen LogP contribution is 2.68. The summed E-state index contributed by atoms with van der Waals surface area (Å²) in [5, 5.41) is 4.48. The molecule has 0 spiro atoms. The van der Waals surface area contributed by atoms with Crippen molar-refractivity contribution < 1.29 is 9.53 Å². The summed E-state index contributed by atoms with van der Waals surface area (Å²) < 4.78 is 8.04. The topological polar surface area (TPSA) is 60.3 Å². The maximum atomic E-state index is 12.1. The van der Waals surface area contributed by atoms with Gasteiger partial charge in [0.05, 0.1) is 6.04 Å². The van der Waals surface area contributed by atoms with Crippen molar-refractivity contribution in [3.63, 3.8) is 0 Å². The Morgan fingerprint density at radius 2 is 1.79 bits per heavy atom. The molecule has 4 saturated carbocycles. The molecule has 1 saturated heterocycles. The Morgan fingerprint density at radius 3 is 2.52 bits per heavy atom. The zero-order valence-electron chi connectivity index (χ0n) is 20.8. The second kappa shape index (κ2) is 8.07. The fraction of sp³-hybridized carbons (Fsp3) is 0.889. The average molecular weight is 455 g/mol. The summed E-state index contributed by atoms with van der Waals surface area (Å²) in [7, 11) is 0. The molecule has 1 aromatic rings. The first kappa shape index (κ1) is 22.1.